The van der Waals surface area contributed by atoms with Crippen molar-refractivity contribution in [1.29, 1.82) is 0 Å². The van der Waals surface area contributed by atoms with Crippen molar-refractivity contribution >= 4 is 80.0 Å². The summed E-state index contributed by atoms with van der Waals surface area (Å²) in [4.78, 5) is 7.01. The van der Waals surface area contributed by atoms with Gasteiger partial charge in [-0.2, -0.15) is 0 Å². The van der Waals surface area contributed by atoms with Crippen molar-refractivity contribution in [3.63, 3.8) is 0 Å². The minimum atomic E-state index is -2.81. The molecule has 0 amide bonds. The van der Waals surface area contributed by atoms with Crippen LogP contribution in [0.4, 0.5) is 51.2 Å². The van der Waals surface area contributed by atoms with Crippen LogP contribution in [0.15, 0.2) is 406 Å². The van der Waals surface area contributed by atoms with Gasteiger partial charge in [0.2, 0.25) is 0 Å². The normalized spacial score (nSPS) is 12.1. The van der Waals surface area contributed by atoms with Crippen LogP contribution in [0.3, 0.4) is 0 Å². The highest BCUT2D eigenvalue weighted by atomic mass is 28.3. The van der Waals surface area contributed by atoms with Gasteiger partial charge in [0.1, 0.15) is 0 Å². The SMILES string of the molecule is c1ccc(N(c2ccccc2)c2ccc(-c3ccc(N(c4ccc(-c5ccc(N(c6ccccc6)c6ccccc6)cc5)cc4)c4ccc(C5(c6ccc([Si](c7ccccc7)(c7ccccc7)c7ccccc7)cc6)c6ccccc6-c6ccccc65)cc4)cc3)cc2)cc1. The van der Waals surface area contributed by atoms with E-state index in [2.05, 4.69) is 421 Å². The fraction of sp³-hybridized carbons (Fsp3) is 0.0110. The Morgan fingerprint density at radius 2 is 0.368 bits per heavy atom. The molecule has 1 aliphatic rings. The largest absolute Gasteiger partial charge is 0.311 e. The third-order valence-corrected chi connectivity index (χ3v) is 23.9. The van der Waals surface area contributed by atoms with E-state index in [1.165, 1.54) is 54.1 Å². The van der Waals surface area contributed by atoms with Gasteiger partial charge in [0, 0.05) is 51.2 Å². The van der Waals surface area contributed by atoms with Gasteiger partial charge in [0.15, 0.2) is 8.07 Å². The van der Waals surface area contributed by atoms with Crippen LogP contribution in [0, 0.1) is 0 Å². The standard InChI is InChI=1S/C91H67N3Si/c1-8-26-74(27-9-1)92(75-28-10-2-11-29-75)78-56-44-68(45-57-78)70-48-60-80(61-49-70)94(81-62-50-71(51-63-81)69-46-58-79(59-47-69)93(76-30-12-3-13-31-76)77-32-14-4-15-33-77)82-64-52-72(53-65-82)91(89-42-24-22-40-87(89)88-41-23-25-43-90(88)91)73-54-66-86(67-55-73)95(83-34-16-5-17-35-83,84-36-18-6-19-37-84)85-38-20-7-21-39-85/h1-67H. The Labute approximate surface area is 558 Å². The smallest absolute Gasteiger partial charge is 0.179 e. The summed E-state index contributed by atoms with van der Waals surface area (Å²) in [6, 6.07) is 149. The molecule has 0 spiro atoms. The number of para-hydroxylation sites is 4. The number of nitrogens with zero attached hydrogens (tertiary/aromatic N) is 3. The fourth-order valence-electron chi connectivity index (χ4n) is 14.8. The molecule has 95 heavy (non-hydrogen) atoms. The first kappa shape index (κ1) is 58.0. The molecule has 0 N–H and O–H groups in total. The van der Waals surface area contributed by atoms with E-state index in [0.717, 1.165) is 73.4 Å². The average Bonchev–Trinajstić information content (AvgIpc) is 1.64. The van der Waals surface area contributed by atoms with E-state index in [1.54, 1.807) is 0 Å². The first-order chi connectivity index (χ1) is 47.1. The van der Waals surface area contributed by atoms with Gasteiger partial charge >= 0.3 is 0 Å². The van der Waals surface area contributed by atoms with Crippen LogP contribution in [0.5, 0.6) is 0 Å². The number of benzene rings is 15. The lowest BCUT2D eigenvalue weighted by molar-refractivity contribution is 0.769. The second-order valence-electron chi connectivity index (χ2n) is 24.3. The summed E-state index contributed by atoms with van der Waals surface area (Å²) in [5.41, 5.74) is 21.3. The molecule has 0 aliphatic heterocycles. The zero-order valence-corrected chi connectivity index (χ0v) is 53.5. The van der Waals surface area contributed by atoms with Crippen molar-refractivity contribution in [3.05, 3.63) is 429 Å². The molecule has 450 valence electrons. The van der Waals surface area contributed by atoms with Gasteiger partial charge in [-0.15, -0.1) is 0 Å². The van der Waals surface area contributed by atoms with E-state index in [9.17, 15) is 0 Å². The van der Waals surface area contributed by atoms with Crippen molar-refractivity contribution in [2.75, 3.05) is 14.7 Å². The van der Waals surface area contributed by atoms with E-state index < -0.39 is 13.5 Å². The van der Waals surface area contributed by atoms with Crippen LogP contribution in [-0.4, -0.2) is 8.07 Å². The molecule has 15 aromatic rings. The second kappa shape index (κ2) is 25.5. The molecular formula is C91H67N3Si. The molecule has 15 aromatic carbocycles. The molecule has 0 atom stereocenters. The van der Waals surface area contributed by atoms with Crippen LogP contribution in [0.25, 0.3) is 33.4 Å². The van der Waals surface area contributed by atoms with E-state index >= 15 is 0 Å². The van der Waals surface area contributed by atoms with Gasteiger partial charge in [-0.25, -0.2) is 0 Å². The average molecular weight is 1230 g/mol. The van der Waals surface area contributed by atoms with Crippen molar-refractivity contribution in [1.82, 2.24) is 0 Å². The predicted octanol–water partition coefficient (Wildman–Crippen LogP) is 21.2. The third kappa shape index (κ3) is 10.6. The summed E-state index contributed by atoms with van der Waals surface area (Å²) in [5, 5.41) is 5.40. The number of hydrogen-bond donors (Lipinski definition) is 0. The third-order valence-electron chi connectivity index (χ3n) is 19.1. The van der Waals surface area contributed by atoms with Gasteiger partial charge in [-0.3, -0.25) is 0 Å². The van der Waals surface area contributed by atoms with Crippen molar-refractivity contribution in [2.45, 2.75) is 5.41 Å². The fourth-order valence-corrected chi connectivity index (χ4v) is 19.5. The Morgan fingerprint density at radius 1 is 0.168 bits per heavy atom. The minimum Gasteiger partial charge on any atom is -0.311 e. The monoisotopic (exact) mass is 1230 g/mol. The van der Waals surface area contributed by atoms with E-state index in [4.69, 9.17) is 0 Å². The highest BCUT2D eigenvalue weighted by Crippen LogP contribution is 2.56. The number of rotatable bonds is 17. The van der Waals surface area contributed by atoms with Gasteiger partial charge in [0.05, 0.1) is 5.41 Å². The van der Waals surface area contributed by atoms with Crippen LogP contribution in [-0.2, 0) is 5.41 Å². The maximum absolute atomic E-state index is 2.81. The van der Waals surface area contributed by atoms with Crippen LogP contribution in [0.2, 0.25) is 0 Å². The molecule has 0 bridgehead atoms. The summed E-state index contributed by atoms with van der Waals surface area (Å²) in [6.07, 6.45) is 0. The molecule has 0 aromatic heterocycles. The second-order valence-corrected chi connectivity index (χ2v) is 28.2. The number of anilines is 9. The van der Waals surface area contributed by atoms with Gasteiger partial charge in [-0.1, -0.05) is 297 Å². The van der Waals surface area contributed by atoms with Crippen LogP contribution in [0.1, 0.15) is 22.3 Å². The molecule has 4 heteroatoms. The van der Waals surface area contributed by atoms with Gasteiger partial charge in [-0.05, 0) is 186 Å². The first-order valence-corrected chi connectivity index (χ1v) is 34.7. The summed E-state index contributed by atoms with van der Waals surface area (Å²) in [7, 11) is -2.81. The lowest BCUT2D eigenvalue weighted by Crippen LogP contribution is -2.74. The quantitative estimate of drug-likeness (QED) is 0.0665. The highest BCUT2D eigenvalue weighted by Gasteiger charge is 2.47. The zero-order valence-electron chi connectivity index (χ0n) is 52.5. The Balaban J connectivity index is 0.796. The van der Waals surface area contributed by atoms with E-state index in [1.807, 2.05) is 0 Å². The zero-order chi connectivity index (χ0) is 63.4. The van der Waals surface area contributed by atoms with Crippen LogP contribution >= 0.6 is 0 Å². The maximum Gasteiger partial charge on any atom is 0.179 e. The Morgan fingerprint density at radius 3 is 0.642 bits per heavy atom. The van der Waals surface area contributed by atoms with Crippen LogP contribution < -0.4 is 35.4 Å². The molecule has 3 nitrogen and oxygen atoms in total. The van der Waals surface area contributed by atoms with Gasteiger partial charge < -0.3 is 14.7 Å². The Kier molecular flexibility index (Phi) is 15.6. The number of hydrogen-bond acceptors (Lipinski definition) is 3. The van der Waals surface area contributed by atoms with Crippen molar-refractivity contribution in [3.8, 4) is 33.4 Å². The summed E-state index contributed by atoms with van der Waals surface area (Å²) in [5.74, 6) is 0. The summed E-state index contributed by atoms with van der Waals surface area (Å²) >= 11 is 0. The molecular weight excluding hydrogens is 1160 g/mol. The maximum atomic E-state index is 2.46. The highest BCUT2D eigenvalue weighted by molar-refractivity contribution is 7.19. The lowest BCUT2D eigenvalue weighted by atomic mass is 9.67. The van der Waals surface area contributed by atoms with Crippen molar-refractivity contribution < 1.29 is 0 Å². The molecule has 0 heterocycles. The molecule has 0 saturated carbocycles. The van der Waals surface area contributed by atoms with Crippen molar-refractivity contribution in [2.24, 2.45) is 0 Å². The molecule has 0 fully saturated rings. The first-order valence-electron chi connectivity index (χ1n) is 32.7. The molecule has 0 saturated heterocycles. The number of fused-ring (bicyclic) bond motifs is 3. The summed E-state index contributed by atoms with van der Waals surface area (Å²) < 4.78 is 0. The minimum absolute atomic E-state index is 0.627. The molecule has 0 radical (unpaired) electrons. The Hall–Kier alpha value is -12.1. The van der Waals surface area contributed by atoms with Gasteiger partial charge in [0.25, 0.3) is 0 Å². The Bertz CT molecular complexity index is 4650. The predicted molar refractivity (Wildman–Crippen MR) is 402 cm³/mol. The molecule has 0 unspecified atom stereocenters. The summed E-state index contributed by atoms with van der Waals surface area (Å²) in [6.45, 7) is 0. The van der Waals surface area contributed by atoms with E-state index in [-0.39, 0.29) is 0 Å². The van der Waals surface area contributed by atoms with E-state index in [0.29, 0.717) is 0 Å². The topological polar surface area (TPSA) is 9.72 Å². The molecule has 16 rings (SSSR count). The lowest BCUT2D eigenvalue weighted by Gasteiger charge is -2.37. The molecule has 1 aliphatic carbocycles.